The molecule has 6 heteroatoms. The van der Waals surface area contributed by atoms with E-state index in [2.05, 4.69) is 15.1 Å². The maximum atomic E-state index is 12.3. The number of fused-ring (bicyclic) bond motifs is 1. The Morgan fingerprint density at radius 1 is 0.960 bits per heavy atom. The molecule has 0 aliphatic heterocycles. The van der Waals surface area contributed by atoms with E-state index in [1.165, 1.54) is 21.9 Å². The zero-order valence-electron chi connectivity index (χ0n) is 13.5. The molecule has 4 aromatic rings. The molecule has 0 saturated carbocycles. The Bertz CT molecular complexity index is 1130. The average molecular weight is 346 g/mol. The zero-order chi connectivity index (χ0) is 17.2. The lowest BCUT2D eigenvalue weighted by Crippen LogP contribution is -2.14. The van der Waals surface area contributed by atoms with Gasteiger partial charge in [-0.15, -0.1) is 0 Å². The number of pyridine rings is 1. The van der Waals surface area contributed by atoms with Gasteiger partial charge >= 0.3 is 0 Å². The van der Waals surface area contributed by atoms with Gasteiger partial charge in [-0.25, -0.2) is 4.98 Å². The molecule has 0 fully saturated rings. The van der Waals surface area contributed by atoms with E-state index in [0.29, 0.717) is 10.7 Å². The molecule has 25 heavy (non-hydrogen) atoms. The summed E-state index contributed by atoms with van der Waals surface area (Å²) in [6.45, 7) is 1.94. The lowest BCUT2D eigenvalue weighted by Gasteiger charge is -1.95. The van der Waals surface area contributed by atoms with Crippen molar-refractivity contribution in [3.05, 3.63) is 82.0 Å². The summed E-state index contributed by atoms with van der Waals surface area (Å²) < 4.78 is 1.34. The van der Waals surface area contributed by atoms with E-state index < -0.39 is 0 Å². The number of hydrogen-bond acceptors (Lipinski definition) is 5. The van der Waals surface area contributed by atoms with Crippen molar-refractivity contribution in [1.82, 2.24) is 19.6 Å². The van der Waals surface area contributed by atoms with Crippen LogP contribution in [0.2, 0.25) is 0 Å². The molecule has 3 aromatic heterocycles. The number of benzene rings is 1. The molecular formula is C19H14N4OS. The van der Waals surface area contributed by atoms with Crippen molar-refractivity contribution in [2.45, 2.75) is 6.92 Å². The highest BCUT2D eigenvalue weighted by Crippen LogP contribution is 2.23. The Morgan fingerprint density at radius 2 is 1.76 bits per heavy atom. The largest absolute Gasteiger partial charge is 0.275 e. The Hall–Kier alpha value is -3.12. The van der Waals surface area contributed by atoms with Gasteiger partial charge in [-0.05, 0) is 31.2 Å². The van der Waals surface area contributed by atoms with Gasteiger partial charge in [0.2, 0.25) is 4.96 Å². The lowest BCUT2D eigenvalue weighted by atomic mass is 10.2. The third kappa shape index (κ3) is 3.25. The molecule has 0 unspecified atom stereocenters. The van der Waals surface area contributed by atoms with Crippen LogP contribution in [0.15, 0.2) is 59.4 Å². The molecular weight excluding hydrogens is 332 g/mol. The van der Waals surface area contributed by atoms with Crippen LogP contribution in [-0.2, 0) is 0 Å². The fourth-order valence-corrected chi connectivity index (χ4v) is 3.36. The van der Waals surface area contributed by atoms with Crippen LogP contribution in [0.25, 0.3) is 27.7 Å². The fraction of sp³-hybridized carbons (Fsp3) is 0.0526. The molecule has 122 valence electrons. The molecule has 0 saturated heterocycles. The van der Waals surface area contributed by atoms with Gasteiger partial charge in [-0.1, -0.05) is 47.7 Å². The molecule has 0 aliphatic rings. The van der Waals surface area contributed by atoms with Crippen molar-refractivity contribution in [3.8, 4) is 10.6 Å². The first-order chi connectivity index (χ1) is 12.2. The summed E-state index contributed by atoms with van der Waals surface area (Å²) >= 11 is 1.39. The minimum absolute atomic E-state index is 0.194. The van der Waals surface area contributed by atoms with E-state index in [0.717, 1.165) is 22.0 Å². The van der Waals surface area contributed by atoms with Gasteiger partial charge in [0, 0.05) is 17.3 Å². The van der Waals surface area contributed by atoms with Gasteiger partial charge < -0.3 is 0 Å². The molecule has 5 nitrogen and oxygen atoms in total. The highest BCUT2D eigenvalue weighted by atomic mass is 32.1. The van der Waals surface area contributed by atoms with Gasteiger partial charge in [0.1, 0.15) is 5.01 Å². The molecule has 0 atom stereocenters. The van der Waals surface area contributed by atoms with Crippen molar-refractivity contribution in [3.63, 3.8) is 0 Å². The average Bonchev–Trinajstić information content (AvgIpc) is 3.06. The van der Waals surface area contributed by atoms with Crippen LogP contribution >= 0.6 is 11.3 Å². The number of aromatic nitrogens is 4. The maximum Gasteiger partial charge on any atom is 0.275 e. The predicted molar refractivity (Wildman–Crippen MR) is 100 cm³/mol. The normalized spacial score (nSPS) is 11.4. The highest BCUT2D eigenvalue weighted by Gasteiger charge is 2.09. The van der Waals surface area contributed by atoms with Crippen LogP contribution in [0.4, 0.5) is 0 Å². The summed E-state index contributed by atoms with van der Waals surface area (Å²) in [5.74, 6) is 0. The van der Waals surface area contributed by atoms with Gasteiger partial charge in [-0.3, -0.25) is 9.78 Å². The van der Waals surface area contributed by atoms with E-state index in [1.54, 1.807) is 6.08 Å². The van der Waals surface area contributed by atoms with E-state index >= 15 is 0 Å². The standard InChI is InChI=1S/C19H14N4OS/c1-13-6-5-9-15(20-13)10-11-16-12-17(24)23-19(21-16)25-18(22-23)14-7-3-2-4-8-14/h2-12H,1H3. The molecule has 1 aromatic carbocycles. The Kier molecular flexibility index (Phi) is 3.95. The van der Waals surface area contributed by atoms with Crippen LogP contribution < -0.4 is 5.56 Å². The minimum Gasteiger partial charge on any atom is -0.267 e. The van der Waals surface area contributed by atoms with Gasteiger partial charge in [-0.2, -0.15) is 9.61 Å². The van der Waals surface area contributed by atoms with E-state index in [-0.39, 0.29) is 5.56 Å². The van der Waals surface area contributed by atoms with Crippen LogP contribution in [0.3, 0.4) is 0 Å². The molecule has 0 bridgehead atoms. The SMILES string of the molecule is Cc1cccc(C=Cc2cc(=O)n3nc(-c4ccccc4)sc3n2)n1. The zero-order valence-corrected chi connectivity index (χ0v) is 14.3. The van der Waals surface area contributed by atoms with E-state index in [9.17, 15) is 4.79 Å². The second kappa shape index (κ2) is 6.41. The number of hydrogen-bond donors (Lipinski definition) is 0. The Balaban J connectivity index is 1.73. The smallest absolute Gasteiger partial charge is 0.267 e. The number of nitrogens with zero attached hydrogens (tertiary/aromatic N) is 4. The molecule has 3 heterocycles. The Morgan fingerprint density at radius 3 is 2.56 bits per heavy atom. The van der Waals surface area contributed by atoms with Crippen LogP contribution in [0.1, 0.15) is 17.1 Å². The summed E-state index contributed by atoms with van der Waals surface area (Å²) in [7, 11) is 0. The first-order valence-electron chi connectivity index (χ1n) is 7.77. The topological polar surface area (TPSA) is 60.2 Å². The fourth-order valence-electron chi connectivity index (χ4n) is 2.44. The third-order valence-corrected chi connectivity index (χ3v) is 4.58. The van der Waals surface area contributed by atoms with Crippen LogP contribution in [0.5, 0.6) is 0 Å². The summed E-state index contributed by atoms with van der Waals surface area (Å²) in [5.41, 5.74) is 3.15. The van der Waals surface area contributed by atoms with Gasteiger partial charge in [0.25, 0.3) is 5.56 Å². The quantitative estimate of drug-likeness (QED) is 0.568. The first kappa shape index (κ1) is 15.4. The molecule has 0 spiro atoms. The second-order valence-electron chi connectivity index (χ2n) is 5.52. The van der Waals surface area contributed by atoms with Crippen molar-refractivity contribution < 1.29 is 0 Å². The molecule has 0 amide bonds. The van der Waals surface area contributed by atoms with E-state index in [1.807, 2.05) is 61.5 Å². The van der Waals surface area contributed by atoms with Crippen molar-refractivity contribution in [2.75, 3.05) is 0 Å². The van der Waals surface area contributed by atoms with Crippen molar-refractivity contribution >= 4 is 28.4 Å². The summed E-state index contributed by atoms with van der Waals surface area (Å²) in [5, 5.41) is 5.15. The van der Waals surface area contributed by atoms with Crippen LogP contribution in [0, 0.1) is 6.92 Å². The Labute approximate surface area is 148 Å². The first-order valence-corrected chi connectivity index (χ1v) is 8.59. The van der Waals surface area contributed by atoms with Crippen molar-refractivity contribution in [1.29, 1.82) is 0 Å². The predicted octanol–water partition coefficient (Wildman–Crippen LogP) is 3.69. The monoisotopic (exact) mass is 346 g/mol. The van der Waals surface area contributed by atoms with Crippen molar-refractivity contribution in [2.24, 2.45) is 0 Å². The maximum absolute atomic E-state index is 12.3. The second-order valence-corrected chi connectivity index (χ2v) is 6.48. The molecule has 0 aliphatic carbocycles. The minimum atomic E-state index is -0.194. The number of rotatable bonds is 3. The number of aryl methyl sites for hydroxylation is 1. The van der Waals surface area contributed by atoms with Gasteiger partial charge in [0.05, 0.1) is 11.4 Å². The van der Waals surface area contributed by atoms with Gasteiger partial charge in [0.15, 0.2) is 0 Å². The molecule has 4 rings (SSSR count). The summed E-state index contributed by atoms with van der Waals surface area (Å²) in [6.07, 6.45) is 3.65. The molecule has 0 N–H and O–H groups in total. The highest BCUT2D eigenvalue weighted by molar-refractivity contribution is 7.19. The molecule has 0 radical (unpaired) electrons. The van der Waals surface area contributed by atoms with Crippen LogP contribution in [-0.4, -0.2) is 19.6 Å². The third-order valence-electron chi connectivity index (χ3n) is 3.62. The summed E-state index contributed by atoms with van der Waals surface area (Å²) in [6, 6.07) is 17.0. The lowest BCUT2D eigenvalue weighted by molar-refractivity contribution is 0.901. The van der Waals surface area contributed by atoms with E-state index in [4.69, 9.17) is 0 Å². The summed E-state index contributed by atoms with van der Waals surface area (Å²) in [4.78, 5) is 21.8.